The predicted molar refractivity (Wildman–Crippen MR) is 129 cm³/mol. The lowest BCUT2D eigenvalue weighted by molar-refractivity contribution is -0.132. The number of ether oxygens (including phenoxy) is 1. The molecular formula is C27H29N3O4. The van der Waals surface area contributed by atoms with E-state index >= 15 is 0 Å². The molecule has 2 N–H and O–H groups in total. The molecule has 2 saturated heterocycles. The highest BCUT2D eigenvalue weighted by Gasteiger charge is 2.67. The maximum Gasteiger partial charge on any atom is 0.234 e. The van der Waals surface area contributed by atoms with Crippen molar-refractivity contribution >= 4 is 29.1 Å². The van der Waals surface area contributed by atoms with Crippen molar-refractivity contribution in [1.82, 2.24) is 5.32 Å². The Bertz CT molecular complexity index is 1130. The molecule has 2 bridgehead atoms. The molecule has 3 amide bonds. The van der Waals surface area contributed by atoms with E-state index < -0.39 is 17.4 Å². The van der Waals surface area contributed by atoms with Crippen molar-refractivity contribution in [1.29, 1.82) is 0 Å². The Morgan fingerprint density at radius 1 is 1.15 bits per heavy atom. The summed E-state index contributed by atoms with van der Waals surface area (Å²) in [5, 5.41) is 5.85. The first-order valence-corrected chi connectivity index (χ1v) is 11.8. The molecule has 2 aromatic carbocycles. The maximum atomic E-state index is 13.5. The minimum Gasteiger partial charge on any atom is -0.360 e. The molecule has 2 aromatic rings. The Kier molecular flexibility index (Phi) is 5.73. The fourth-order valence-corrected chi connectivity index (χ4v) is 5.38. The van der Waals surface area contributed by atoms with Crippen LogP contribution in [0.4, 0.5) is 11.4 Å². The van der Waals surface area contributed by atoms with Gasteiger partial charge in [0.1, 0.15) is 5.60 Å². The van der Waals surface area contributed by atoms with Gasteiger partial charge in [0.05, 0.1) is 24.5 Å². The second-order valence-corrected chi connectivity index (χ2v) is 9.49. The van der Waals surface area contributed by atoms with E-state index in [9.17, 15) is 14.4 Å². The van der Waals surface area contributed by atoms with Gasteiger partial charge in [0.15, 0.2) is 0 Å². The van der Waals surface area contributed by atoms with Crippen LogP contribution in [0.25, 0.3) is 0 Å². The van der Waals surface area contributed by atoms with Crippen molar-refractivity contribution in [2.45, 2.75) is 44.4 Å². The standard InChI is InChI=1S/C27H29N3O4/c1-17(8-9-19-6-4-3-5-7-19)28-25(32)23-22-14-15-27(34-22)16-30(26(33)24(23)27)21-12-10-20(11-13-21)29-18(2)31/h3-7,10-15,17,22-24H,8-9,16H2,1-2H3,(H,28,32)(H,29,31)/t17-,22-,23+,24-,27+/m0/s1. The zero-order chi connectivity index (χ0) is 23.9. The van der Waals surface area contributed by atoms with Crippen LogP contribution in [0.3, 0.4) is 0 Å². The SMILES string of the molecule is CC(=O)Nc1ccc(N2C[C@@]34C=C[C@H](O3)[C@@H](C(=O)N[C@@H](C)CCc3ccccc3)[C@H]4C2=O)cc1. The molecule has 7 heteroatoms. The second-order valence-electron chi connectivity index (χ2n) is 9.49. The average molecular weight is 460 g/mol. The van der Waals surface area contributed by atoms with Crippen LogP contribution in [0.1, 0.15) is 25.8 Å². The molecule has 5 atom stereocenters. The number of rotatable bonds is 7. The van der Waals surface area contributed by atoms with Crippen molar-refractivity contribution in [2.24, 2.45) is 11.8 Å². The van der Waals surface area contributed by atoms with E-state index in [0.717, 1.165) is 18.5 Å². The topological polar surface area (TPSA) is 87.7 Å². The fourth-order valence-electron chi connectivity index (χ4n) is 5.38. The summed E-state index contributed by atoms with van der Waals surface area (Å²) in [6.07, 6.45) is 5.20. The normalized spacial score (nSPS) is 27.5. The summed E-state index contributed by atoms with van der Waals surface area (Å²) in [7, 11) is 0. The molecule has 3 aliphatic rings. The first kappa shape index (κ1) is 22.3. The Morgan fingerprint density at radius 3 is 2.59 bits per heavy atom. The molecular weight excluding hydrogens is 430 g/mol. The zero-order valence-corrected chi connectivity index (χ0v) is 19.4. The molecule has 1 spiro atoms. The number of aryl methyl sites for hydroxylation is 1. The van der Waals surface area contributed by atoms with Crippen molar-refractivity contribution in [3.8, 4) is 0 Å². The number of benzene rings is 2. The summed E-state index contributed by atoms with van der Waals surface area (Å²) in [5.74, 6) is -1.46. The summed E-state index contributed by atoms with van der Waals surface area (Å²) in [6, 6.07) is 17.3. The van der Waals surface area contributed by atoms with Gasteiger partial charge in [-0.3, -0.25) is 14.4 Å². The highest BCUT2D eigenvalue weighted by Crippen LogP contribution is 2.52. The number of carbonyl (C=O) groups excluding carboxylic acids is 3. The number of fused-ring (bicyclic) bond motifs is 1. The van der Waals surface area contributed by atoms with Gasteiger partial charge in [-0.2, -0.15) is 0 Å². The quantitative estimate of drug-likeness (QED) is 0.623. The Morgan fingerprint density at radius 2 is 1.88 bits per heavy atom. The summed E-state index contributed by atoms with van der Waals surface area (Å²) >= 11 is 0. The lowest BCUT2D eigenvalue weighted by atomic mass is 9.76. The van der Waals surface area contributed by atoms with E-state index in [2.05, 4.69) is 22.8 Å². The molecule has 3 heterocycles. The maximum absolute atomic E-state index is 13.5. The molecule has 176 valence electrons. The van der Waals surface area contributed by atoms with Gasteiger partial charge in [0.25, 0.3) is 0 Å². The van der Waals surface area contributed by atoms with Crippen LogP contribution in [0.2, 0.25) is 0 Å². The van der Waals surface area contributed by atoms with Crippen molar-refractivity contribution in [3.05, 3.63) is 72.3 Å². The largest absolute Gasteiger partial charge is 0.360 e. The first-order valence-electron chi connectivity index (χ1n) is 11.8. The molecule has 0 aromatic heterocycles. The number of anilines is 2. The third-order valence-corrected chi connectivity index (χ3v) is 7.00. The van der Waals surface area contributed by atoms with Crippen LogP contribution in [-0.2, 0) is 25.5 Å². The zero-order valence-electron chi connectivity index (χ0n) is 19.4. The van der Waals surface area contributed by atoms with Crippen molar-refractivity contribution in [2.75, 3.05) is 16.8 Å². The number of amides is 3. The Balaban J connectivity index is 1.27. The van der Waals surface area contributed by atoms with Gasteiger partial charge < -0.3 is 20.3 Å². The monoisotopic (exact) mass is 459 g/mol. The molecule has 0 aliphatic carbocycles. The smallest absolute Gasteiger partial charge is 0.234 e. The molecule has 7 nitrogen and oxygen atoms in total. The Hall–Kier alpha value is -3.45. The molecule has 0 radical (unpaired) electrons. The van der Waals surface area contributed by atoms with Gasteiger partial charge in [0, 0.05) is 24.3 Å². The number of hydrogen-bond acceptors (Lipinski definition) is 4. The fraction of sp³-hybridized carbons (Fsp3) is 0.370. The summed E-state index contributed by atoms with van der Waals surface area (Å²) in [4.78, 5) is 39.8. The summed E-state index contributed by atoms with van der Waals surface area (Å²) in [5.41, 5.74) is 1.85. The van der Waals surface area contributed by atoms with E-state index in [-0.39, 0.29) is 29.9 Å². The highest BCUT2D eigenvalue weighted by atomic mass is 16.5. The van der Waals surface area contributed by atoms with E-state index in [1.165, 1.54) is 12.5 Å². The molecule has 5 rings (SSSR count). The number of carbonyl (C=O) groups is 3. The third kappa shape index (κ3) is 4.01. The van der Waals surface area contributed by atoms with E-state index in [0.29, 0.717) is 12.2 Å². The van der Waals surface area contributed by atoms with Gasteiger partial charge in [-0.05, 0) is 49.6 Å². The van der Waals surface area contributed by atoms with Gasteiger partial charge in [0.2, 0.25) is 17.7 Å². The van der Waals surface area contributed by atoms with Crippen molar-refractivity contribution < 1.29 is 19.1 Å². The molecule has 3 aliphatic heterocycles. The van der Waals surface area contributed by atoms with E-state index in [1.807, 2.05) is 37.3 Å². The minimum atomic E-state index is -0.770. The molecule has 0 saturated carbocycles. The van der Waals surface area contributed by atoms with E-state index in [1.54, 1.807) is 29.2 Å². The summed E-state index contributed by atoms with van der Waals surface area (Å²) < 4.78 is 6.24. The van der Waals surface area contributed by atoms with Crippen LogP contribution >= 0.6 is 0 Å². The molecule has 2 fully saturated rings. The molecule has 34 heavy (non-hydrogen) atoms. The third-order valence-electron chi connectivity index (χ3n) is 7.00. The number of hydrogen-bond donors (Lipinski definition) is 2. The molecule has 0 unspecified atom stereocenters. The van der Waals surface area contributed by atoms with Crippen LogP contribution in [0.15, 0.2) is 66.7 Å². The van der Waals surface area contributed by atoms with Gasteiger partial charge in [-0.15, -0.1) is 0 Å². The van der Waals surface area contributed by atoms with Gasteiger partial charge in [-0.1, -0.05) is 42.5 Å². The predicted octanol–water partition coefficient (Wildman–Crippen LogP) is 3.07. The van der Waals surface area contributed by atoms with Crippen molar-refractivity contribution in [3.63, 3.8) is 0 Å². The van der Waals surface area contributed by atoms with E-state index in [4.69, 9.17) is 4.74 Å². The lowest BCUT2D eigenvalue weighted by Crippen LogP contribution is -2.46. The first-order chi connectivity index (χ1) is 16.4. The lowest BCUT2D eigenvalue weighted by Gasteiger charge is -2.25. The van der Waals surface area contributed by atoms with Crippen LogP contribution < -0.4 is 15.5 Å². The highest BCUT2D eigenvalue weighted by molar-refractivity contribution is 6.03. The summed E-state index contributed by atoms with van der Waals surface area (Å²) in [6.45, 7) is 3.82. The van der Waals surface area contributed by atoms with Crippen LogP contribution in [-0.4, -0.2) is 42.0 Å². The Labute approximate surface area is 199 Å². The minimum absolute atomic E-state index is 0.0132. The van der Waals surface area contributed by atoms with Crippen LogP contribution in [0.5, 0.6) is 0 Å². The number of nitrogens with one attached hydrogen (secondary N) is 2. The van der Waals surface area contributed by atoms with Gasteiger partial charge in [-0.25, -0.2) is 0 Å². The average Bonchev–Trinajstić information content (AvgIpc) is 3.47. The van der Waals surface area contributed by atoms with Crippen LogP contribution in [0, 0.1) is 11.8 Å². The number of nitrogens with zero attached hydrogens (tertiary/aromatic N) is 1. The van der Waals surface area contributed by atoms with Gasteiger partial charge >= 0.3 is 0 Å². The second kappa shape index (κ2) is 8.72.